The van der Waals surface area contributed by atoms with Crippen LogP contribution >= 0.6 is 0 Å². The molecule has 1 aromatic heterocycles. The first kappa shape index (κ1) is 11.9. The van der Waals surface area contributed by atoms with Crippen molar-refractivity contribution in [3.63, 3.8) is 0 Å². The summed E-state index contributed by atoms with van der Waals surface area (Å²) in [6.45, 7) is 0. The molecule has 0 saturated carbocycles. The van der Waals surface area contributed by atoms with Gasteiger partial charge in [-0.3, -0.25) is 4.68 Å². The topological polar surface area (TPSA) is 38.0 Å². The van der Waals surface area contributed by atoms with Crippen LogP contribution in [-0.4, -0.2) is 27.2 Å². The Hall–Kier alpha value is -1.56. The van der Waals surface area contributed by atoms with Crippen LogP contribution in [0.4, 0.5) is 13.2 Å². The van der Waals surface area contributed by atoms with Crippen molar-refractivity contribution in [1.29, 1.82) is 0 Å². The molecule has 3 nitrogen and oxygen atoms in total. The summed E-state index contributed by atoms with van der Waals surface area (Å²) in [5, 5.41) is 13.8. The number of hydrogen-bond donors (Lipinski definition) is 1. The average Bonchev–Trinajstić information content (AvgIpc) is 2.54. The normalized spacial score (nSPS) is 14.2. The molecule has 17 heavy (non-hydrogen) atoms. The molecule has 1 atom stereocenters. The van der Waals surface area contributed by atoms with E-state index in [9.17, 15) is 13.2 Å². The molecule has 92 valence electrons. The molecule has 0 fully saturated rings. The summed E-state index contributed by atoms with van der Waals surface area (Å²) in [7, 11) is 1.57. The molecule has 0 aliphatic carbocycles. The van der Waals surface area contributed by atoms with E-state index in [0.29, 0.717) is 16.6 Å². The van der Waals surface area contributed by atoms with E-state index in [-0.39, 0.29) is 0 Å². The fourth-order valence-corrected chi connectivity index (χ4v) is 1.74. The Balaban J connectivity index is 2.39. The number of benzene rings is 1. The lowest BCUT2D eigenvalue weighted by molar-refractivity contribution is -0.203. The number of fused-ring (bicyclic) bond motifs is 1. The molecule has 6 heteroatoms. The van der Waals surface area contributed by atoms with E-state index >= 15 is 0 Å². The van der Waals surface area contributed by atoms with Crippen LogP contribution in [0.1, 0.15) is 5.69 Å². The molecule has 1 aromatic carbocycles. The van der Waals surface area contributed by atoms with E-state index in [1.807, 2.05) is 0 Å². The Morgan fingerprint density at radius 3 is 2.65 bits per heavy atom. The van der Waals surface area contributed by atoms with Crippen molar-refractivity contribution in [1.82, 2.24) is 9.78 Å². The number of nitrogens with zero attached hydrogens (tertiary/aromatic N) is 2. The first-order chi connectivity index (χ1) is 7.89. The number of aromatic nitrogens is 2. The Bertz CT molecular complexity index is 533. The van der Waals surface area contributed by atoms with Crippen molar-refractivity contribution in [3.05, 3.63) is 30.0 Å². The highest BCUT2D eigenvalue weighted by atomic mass is 19.4. The van der Waals surface area contributed by atoms with Crippen molar-refractivity contribution >= 4 is 10.9 Å². The molecule has 0 aliphatic rings. The monoisotopic (exact) mass is 244 g/mol. The van der Waals surface area contributed by atoms with E-state index in [2.05, 4.69) is 5.10 Å². The third-order valence-corrected chi connectivity index (χ3v) is 2.63. The van der Waals surface area contributed by atoms with Gasteiger partial charge in [0, 0.05) is 24.5 Å². The van der Waals surface area contributed by atoms with Gasteiger partial charge in [0.05, 0.1) is 5.52 Å². The van der Waals surface area contributed by atoms with E-state index in [0.717, 1.165) is 0 Å². The second-order valence-electron chi connectivity index (χ2n) is 3.85. The SMILES string of the molecule is Cn1nc2ccccc2c1CC(O)C(F)(F)F. The van der Waals surface area contributed by atoms with Gasteiger partial charge in [-0.1, -0.05) is 18.2 Å². The molecular weight excluding hydrogens is 233 g/mol. The molecule has 0 spiro atoms. The van der Waals surface area contributed by atoms with E-state index in [1.165, 1.54) is 4.68 Å². The Kier molecular flexibility index (Phi) is 2.82. The summed E-state index contributed by atoms with van der Waals surface area (Å²) in [5.74, 6) is 0. The molecule has 1 unspecified atom stereocenters. The van der Waals surface area contributed by atoms with Gasteiger partial charge in [-0.05, 0) is 6.07 Å². The van der Waals surface area contributed by atoms with Gasteiger partial charge in [-0.2, -0.15) is 18.3 Å². The van der Waals surface area contributed by atoms with Gasteiger partial charge in [0.25, 0.3) is 0 Å². The van der Waals surface area contributed by atoms with E-state index in [1.54, 1.807) is 31.3 Å². The van der Waals surface area contributed by atoms with Crippen molar-refractivity contribution in [3.8, 4) is 0 Å². The van der Waals surface area contributed by atoms with Gasteiger partial charge in [-0.15, -0.1) is 0 Å². The molecule has 2 aromatic rings. The summed E-state index contributed by atoms with van der Waals surface area (Å²) in [6.07, 6.45) is -7.45. The van der Waals surface area contributed by atoms with Crippen molar-refractivity contribution in [2.45, 2.75) is 18.7 Å². The first-order valence-electron chi connectivity index (χ1n) is 5.05. The molecule has 0 saturated heterocycles. The Morgan fingerprint density at radius 1 is 1.35 bits per heavy atom. The summed E-state index contributed by atoms with van der Waals surface area (Å²) < 4.78 is 38.3. The standard InChI is InChI=1S/C11H11F3N2O/c1-16-9(6-10(17)11(12,13)14)7-4-2-3-5-8(7)15-16/h2-5,10,17H,6H2,1H3. The number of aliphatic hydroxyl groups is 1. The van der Waals surface area contributed by atoms with E-state index < -0.39 is 18.7 Å². The lowest BCUT2D eigenvalue weighted by atomic mass is 10.1. The molecule has 1 N–H and O–H groups in total. The van der Waals surface area contributed by atoms with Crippen LogP contribution < -0.4 is 0 Å². The minimum atomic E-state index is -4.61. The van der Waals surface area contributed by atoms with Gasteiger partial charge in [0.2, 0.25) is 0 Å². The highest BCUT2D eigenvalue weighted by molar-refractivity contribution is 5.81. The molecule has 0 radical (unpaired) electrons. The molecule has 1 heterocycles. The smallest absolute Gasteiger partial charge is 0.383 e. The van der Waals surface area contributed by atoms with Crippen LogP contribution in [0.3, 0.4) is 0 Å². The summed E-state index contributed by atoms with van der Waals surface area (Å²) >= 11 is 0. The lowest BCUT2D eigenvalue weighted by Gasteiger charge is -2.14. The Labute approximate surface area is 95.5 Å². The molecular formula is C11H11F3N2O. The van der Waals surface area contributed by atoms with Crippen molar-refractivity contribution in [2.75, 3.05) is 0 Å². The fraction of sp³-hybridized carbons (Fsp3) is 0.364. The van der Waals surface area contributed by atoms with Crippen molar-refractivity contribution < 1.29 is 18.3 Å². The highest BCUT2D eigenvalue weighted by Gasteiger charge is 2.38. The van der Waals surface area contributed by atoms with Gasteiger partial charge < -0.3 is 5.11 Å². The zero-order valence-electron chi connectivity index (χ0n) is 9.07. The number of aryl methyl sites for hydroxylation is 1. The second kappa shape index (κ2) is 4.03. The largest absolute Gasteiger partial charge is 0.414 e. The quantitative estimate of drug-likeness (QED) is 0.877. The highest BCUT2D eigenvalue weighted by Crippen LogP contribution is 2.26. The van der Waals surface area contributed by atoms with E-state index in [4.69, 9.17) is 5.11 Å². The molecule has 0 aliphatic heterocycles. The number of hydrogen-bond acceptors (Lipinski definition) is 2. The molecule has 0 bridgehead atoms. The number of alkyl halides is 3. The van der Waals surface area contributed by atoms with Gasteiger partial charge >= 0.3 is 6.18 Å². The molecule has 2 rings (SSSR count). The average molecular weight is 244 g/mol. The third-order valence-electron chi connectivity index (χ3n) is 2.63. The summed E-state index contributed by atoms with van der Waals surface area (Å²) in [6, 6.07) is 6.91. The summed E-state index contributed by atoms with van der Waals surface area (Å²) in [5.41, 5.74) is 1.00. The van der Waals surface area contributed by atoms with Crippen LogP contribution in [-0.2, 0) is 13.5 Å². The van der Waals surface area contributed by atoms with Crippen molar-refractivity contribution in [2.24, 2.45) is 7.05 Å². The van der Waals surface area contributed by atoms with Crippen LogP contribution in [0.2, 0.25) is 0 Å². The Morgan fingerprint density at radius 2 is 2.00 bits per heavy atom. The zero-order valence-corrected chi connectivity index (χ0v) is 9.07. The second-order valence-corrected chi connectivity index (χ2v) is 3.85. The number of rotatable bonds is 2. The summed E-state index contributed by atoms with van der Waals surface area (Å²) in [4.78, 5) is 0. The predicted molar refractivity (Wildman–Crippen MR) is 56.5 cm³/mol. The van der Waals surface area contributed by atoms with Gasteiger partial charge in [0.1, 0.15) is 0 Å². The van der Waals surface area contributed by atoms with Gasteiger partial charge in [0.15, 0.2) is 6.10 Å². The zero-order chi connectivity index (χ0) is 12.6. The van der Waals surface area contributed by atoms with Crippen LogP contribution in [0.25, 0.3) is 10.9 Å². The van der Waals surface area contributed by atoms with Crippen LogP contribution in [0, 0.1) is 0 Å². The van der Waals surface area contributed by atoms with Crippen LogP contribution in [0.5, 0.6) is 0 Å². The maximum absolute atomic E-state index is 12.3. The van der Waals surface area contributed by atoms with Crippen LogP contribution in [0.15, 0.2) is 24.3 Å². The predicted octanol–water partition coefficient (Wildman–Crippen LogP) is 2.04. The third kappa shape index (κ3) is 2.26. The first-order valence-corrected chi connectivity index (χ1v) is 5.05. The maximum atomic E-state index is 12.3. The fourth-order valence-electron chi connectivity index (χ4n) is 1.74. The maximum Gasteiger partial charge on any atom is 0.414 e. The number of aliphatic hydroxyl groups excluding tert-OH is 1. The molecule has 0 amide bonds. The minimum absolute atomic E-state index is 0.380. The minimum Gasteiger partial charge on any atom is -0.383 e. The lowest BCUT2D eigenvalue weighted by Crippen LogP contribution is -2.31. The van der Waals surface area contributed by atoms with Gasteiger partial charge in [-0.25, -0.2) is 0 Å². The number of halogens is 3.